The maximum Gasteiger partial charge on any atom is 0.271 e. The van der Waals surface area contributed by atoms with E-state index in [9.17, 15) is 4.79 Å². The van der Waals surface area contributed by atoms with Gasteiger partial charge < -0.3 is 9.88 Å². The van der Waals surface area contributed by atoms with Crippen LogP contribution in [0, 0.1) is 6.92 Å². The molecule has 7 heteroatoms. The molecule has 0 aliphatic heterocycles. The number of fused-ring (bicyclic) bond motifs is 1. The molecule has 0 spiro atoms. The Balaban J connectivity index is 1.40. The molecule has 7 nitrogen and oxygen atoms in total. The summed E-state index contributed by atoms with van der Waals surface area (Å²) in [4.78, 5) is 12.5. The predicted molar refractivity (Wildman–Crippen MR) is 104 cm³/mol. The number of rotatable bonds is 6. The fraction of sp³-hybridized carbons (Fsp3) is 0.250. The molecule has 1 unspecified atom stereocenters. The highest BCUT2D eigenvalue weighted by Crippen LogP contribution is 2.16. The zero-order valence-electron chi connectivity index (χ0n) is 15.4. The fourth-order valence-corrected chi connectivity index (χ4v) is 3.26. The third kappa shape index (κ3) is 3.76. The van der Waals surface area contributed by atoms with E-state index in [0.717, 1.165) is 22.6 Å². The zero-order chi connectivity index (χ0) is 18.8. The first-order valence-electron chi connectivity index (χ1n) is 8.98. The van der Waals surface area contributed by atoms with Gasteiger partial charge >= 0.3 is 0 Å². The number of aryl methyl sites for hydroxylation is 1. The number of aromatic nitrogens is 5. The lowest BCUT2D eigenvalue weighted by Gasteiger charge is -2.11. The minimum atomic E-state index is -0.186. The first kappa shape index (κ1) is 17.1. The van der Waals surface area contributed by atoms with Crippen molar-refractivity contribution >= 4 is 16.8 Å². The normalized spacial score (nSPS) is 12.4. The van der Waals surface area contributed by atoms with Crippen LogP contribution in [-0.2, 0) is 13.0 Å². The van der Waals surface area contributed by atoms with Crippen LogP contribution in [0.25, 0.3) is 10.9 Å². The van der Waals surface area contributed by atoms with E-state index in [1.54, 1.807) is 6.07 Å². The first-order chi connectivity index (χ1) is 13.1. The monoisotopic (exact) mass is 362 g/mol. The van der Waals surface area contributed by atoms with Crippen molar-refractivity contribution in [1.29, 1.82) is 0 Å². The van der Waals surface area contributed by atoms with Gasteiger partial charge in [0.15, 0.2) is 0 Å². The van der Waals surface area contributed by atoms with Crippen molar-refractivity contribution in [2.45, 2.75) is 32.9 Å². The smallest absolute Gasteiger partial charge is 0.271 e. The first-order valence-corrected chi connectivity index (χ1v) is 8.98. The molecule has 0 bridgehead atoms. The van der Waals surface area contributed by atoms with Gasteiger partial charge in [0, 0.05) is 29.9 Å². The minimum Gasteiger partial charge on any atom is -0.348 e. The lowest BCUT2D eigenvalue weighted by molar-refractivity contribution is 0.0935. The van der Waals surface area contributed by atoms with Crippen LogP contribution in [0.3, 0.4) is 0 Å². The molecule has 3 heterocycles. The Labute approximate surface area is 156 Å². The molecule has 0 aliphatic rings. The average molecular weight is 362 g/mol. The molecule has 138 valence electrons. The van der Waals surface area contributed by atoms with Crippen LogP contribution in [0.1, 0.15) is 34.5 Å². The standard InChI is InChI=1S/C20H22N6O/c1-13(9-16-10-14(2)22-23-16)21-20(27)18-11-17(24-25-18)12-26-8-7-15-5-3-4-6-19(15)26/h3-8,10-11,13H,9,12H2,1-2H3,(H,21,27)(H,22,23)(H,24,25). The lowest BCUT2D eigenvalue weighted by atomic mass is 10.1. The summed E-state index contributed by atoms with van der Waals surface area (Å²) < 4.78 is 2.13. The van der Waals surface area contributed by atoms with Gasteiger partial charge in [-0.25, -0.2) is 0 Å². The number of carbonyl (C=O) groups excluding carboxylic acids is 1. The van der Waals surface area contributed by atoms with Crippen LogP contribution >= 0.6 is 0 Å². The van der Waals surface area contributed by atoms with Crippen molar-refractivity contribution in [2.24, 2.45) is 0 Å². The number of H-pyrrole nitrogens is 2. The summed E-state index contributed by atoms with van der Waals surface area (Å²) >= 11 is 0. The van der Waals surface area contributed by atoms with Crippen LogP contribution in [0.15, 0.2) is 48.7 Å². The Morgan fingerprint density at radius 1 is 1.19 bits per heavy atom. The maximum atomic E-state index is 12.5. The second kappa shape index (κ2) is 7.11. The third-order valence-corrected chi connectivity index (χ3v) is 4.54. The maximum absolute atomic E-state index is 12.5. The molecule has 0 fully saturated rings. The van der Waals surface area contributed by atoms with Gasteiger partial charge in [-0.15, -0.1) is 0 Å². The summed E-state index contributed by atoms with van der Waals surface area (Å²) in [5, 5.41) is 18.4. The fourth-order valence-electron chi connectivity index (χ4n) is 3.26. The SMILES string of the molecule is Cc1cc(CC(C)NC(=O)c2cc(Cn3ccc4ccccc43)[nH]n2)n[nH]1. The lowest BCUT2D eigenvalue weighted by Crippen LogP contribution is -2.34. The Morgan fingerprint density at radius 3 is 2.85 bits per heavy atom. The molecule has 27 heavy (non-hydrogen) atoms. The quantitative estimate of drug-likeness (QED) is 0.492. The summed E-state index contributed by atoms with van der Waals surface area (Å²) in [7, 11) is 0. The van der Waals surface area contributed by atoms with Crippen molar-refractivity contribution in [2.75, 3.05) is 0 Å². The minimum absolute atomic E-state index is 0.0336. The molecule has 3 aromatic heterocycles. The Bertz CT molecular complexity index is 1070. The number of amides is 1. The highest BCUT2D eigenvalue weighted by molar-refractivity contribution is 5.92. The second-order valence-electron chi connectivity index (χ2n) is 6.90. The number of carbonyl (C=O) groups is 1. The van der Waals surface area contributed by atoms with Gasteiger partial charge in [-0.3, -0.25) is 15.0 Å². The number of aromatic amines is 2. The molecule has 1 atom stereocenters. The van der Waals surface area contributed by atoms with E-state index >= 15 is 0 Å². The molecular weight excluding hydrogens is 340 g/mol. The van der Waals surface area contributed by atoms with E-state index < -0.39 is 0 Å². The van der Waals surface area contributed by atoms with Crippen molar-refractivity contribution < 1.29 is 4.79 Å². The largest absolute Gasteiger partial charge is 0.348 e. The molecule has 1 aromatic carbocycles. The summed E-state index contributed by atoms with van der Waals surface area (Å²) in [6.07, 6.45) is 2.71. The van der Waals surface area contributed by atoms with Gasteiger partial charge in [-0.05, 0) is 43.5 Å². The third-order valence-electron chi connectivity index (χ3n) is 4.54. The molecule has 0 saturated heterocycles. The van der Waals surface area contributed by atoms with E-state index in [1.165, 1.54) is 5.39 Å². The molecule has 4 aromatic rings. The predicted octanol–water partition coefficient (Wildman–Crippen LogP) is 2.81. The number of nitrogens with one attached hydrogen (secondary N) is 3. The Kier molecular flexibility index (Phi) is 4.50. The van der Waals surface area contributed by atoms with E-state index in [1.807, 2.05) is 38.2 Å². The summed E-state index contributed by atoms with van der Waals surface area (Å²) in [6, 6.07) is 14.0. The van der Waals surface area contributed by atoms with Crippen LogP contribution in [0.4, 0.5) is 0 Å². The summed E-state index contributed by atoms with van der Waals surface area (Å²) in [5.41, 5.74) is 4.38. The number of para-hydroxylation sites is 1. The van der Waals surface area contributed by atoms with Gasteiger partial charge in [0.25, 0.3) is 5.91 Å². The van der Waals surface area contributed by atoms with E-state index in [0.29, 0.717) is 18.7 Å². The van der Waals surface area contributed by atoms with Crippen LogP contribution in [-0.4, -0.2) is 36.9 Å². The molecule has 4 rings (SSSR count). The molecule has 0 saturated carbocycles. The van der Waals surface area contributed by atoms with Crippen LogP contribution < -0.4 is 5.32 Å². The number of hydrogen-bond acceptors (Lipinski definition) is 3. The van der Waals surface area contributed by atoms with E-state index in [4.69, 9.17) is 0 Å². The van der Waals surface area contributed by atoms with Crippen molar-refractivity contribution in [3.8, 4) is 0 Å². The zero-order valence-corrected chi connectivity index (χ0v) is 15.4. The van der Waals surface area contributed by atoms with Gasteiger partial charge in [0.1, 0.15) is 5.69 Å². The van der Waals surface area contributed by atoms with E-state index in [2.05, 4.69) is 48.5 Å². The second-order valence-corrected chi connectivity index (χ2v) is 6.90. The highest BCUT2D eigenvalue weighted by atomic mass is 16.2. The van der Waals surface area contributed by atoms with E-state index in [-0.39, 0.29) is 11.9 Å². The average Bonchev–Trinajstić information content (AvgIpc) is 3.36. The topological polar surface area (TPSA) is 91.4 Å². The van der Waals surface area contributed by atoms with Gasteiger partial charge in [-0.1, -0.05) is 18.2 Å². The van der Waals surface area contributed by atoms with Gasteiger partial charge in [0.05, 0.1) is 17.9 Å². The van der Waals surface area contributed by atoms with Crippen LogP contribution in [0.5, 0.6) is 0 Å². The molecular formula is C20H22N6O. The molecule has 0 aliphatic carbocycles. The summed E-state index contributed by atoms with van der Waals surface area (Å²) in [6.45, 7) is 4.55. The molecule has 1 amide bonds. The van der Waals surface area contributed by atoms with Crippen LogP contribution in [0.2, 0.25) is 0 Å². The summed E-state index contributed by atoms with van der Waals surface area (Å²) in [5.74, 6) is -0.186. The number of benzene rings is 1. The number of nitrogens with zero attached hydrogens (tertiary/aromatic N) is 3. The van der Waals surface area contributed by atoms with Crippen molar-refractivity contribution in [3.05, 3.63) is 71.4 Å². The highest BCUT2D eigenvalue weighted by Gasteiger charge is 2.15. The van der Waals surface area contributed by atoms with Crippen molar-refractivity contribution in [3.63, 3.8) is 0 Å². The Morgan fingerprint density at radius 2 is 2.04 bits per heavy atom. The molecule has 3 N–H and O–H groups in total. The Hall–Kier alpha value is -3.35. The van der Waals surface area contributed by atoms with Gasteiger partial charge in [0.2, 0.25) is 0 Å². The van der Waals surface area contributed by atoms with Gasteiger partial charge in [-0.2, -0.15) is 10.2 Å². The molecule has 0 radical (unpaired) electrons. The van der Waals surface area contributed by atoms with Crippen molar-refractivity contribution in [1.82, 2.24) is 30.3 Å². The number of hydrogen-bond donors (Lipinski definition) is 3.